The highest BCUT2D eigenvalue weighted by molar-refractivity contribution is 5.73. The molecule has 2 bridgehead atoms. The molecule has 5 rings (SSSR count). The molecular weight excluding hydrogens is 352 g/mol. The van der Waals surface area contributed by atoms with Crippen molar-refractivity contribution in [1.82, 2.24) is 25.7 Å². The number of aromatic nitrogens is 4. The predicted octanol–water partition coefficient (Wildman–Crippen LogP) is 2.67. The number of rotatable bonds is 4. The molecule has 2 aromatic heterocycles. The zero-order valence-electron chi connectivity index (χ0n) is 15.8. The maximum Gasteiger partial charge on any atom is 0.151 e. The van der Waals surface area contributed by atoms with E-state index in [0.717, 1.165) is 30.0 Å². The third kappa shape index (κ3) is 2.92. The minimum Gasteiger partial charge on any atom is -0.507 e. The first-order valence-corrected chi connectivity index (χ1v) is 9.80. The Balaban J connectivity index is 1.38. The van der Waals surface area contributed by atoms with Gasteiger partial charge in [-0.05, 0) is 67.6 Å². The largest absolute Gasteiger partial charge is 0.507 e. The minimum atomic E-state index is 0.186. The number of hydrogen-bond acceptors (Lipinski definition) is 6. The van der Waals surface area contributed by atoms with Crippen LogP contribution >= 0.6 is 0 Å². The SMILES string of the molecule is CN(c1ccc(-c2ccc(-c3cn[nH]c3)cc2O)nn1)C1C2CCC1CNC2. The zero-order valence-corrected chi connectivity index (χ0v) is 15.8. The zero-order chi connectivity index (χ0) is 19.1. The van der Waals surface area contributed by atoms with E-state index in [4.69, 9.17) is 0 Å². The molecule has 28 heavy (non-hydrogen) atoms. The third-order valence-electron chi connectivity index (χ3n) is 6.25. The van der Waals surface area contributed by atoms with Crippen molar-refractivity contribution in [2.24, 2.45) is 11.8 Å². The minimum absolute atomic E-state index is 0.186. The number of benzene rings is 1. The topological polar surface area (TPSA) is 90.0 Å². The van der Waals surface area contributed by atoms with Crippen LogP contribution in [0.5, 0.6) is 5.75 Å². The number of phenols is 1. The average Bonchev–Trinajstić information content (AvgIpc) is 3.34. The molecule has 2 fully saturated rings. The van der Waals surface area contributed by atoms with Crippen LogP contribution < -0.4 is 10.2 Å². The highest BCUT2D eigenvalue weighted by atomic mass is 16.3. The fourth-order valence-corrected chi connectivity index (χ4v) is 4.83. The summed E-state index contributed by atoms with van der Waals surface area (Å²) in [5.74, 6) is 2.45. The summed E-state index contributed by atoms with van der Waals surface area (Å²) in [6.07, 6.45) is 6.10. The number of anilines is 1. The van der Waals surface area contributed by atoms with E-state index in [1.54, 1.807) is 18.5 Å². The first-order chi connectivity index (χ1) is 13.7. The second-order valence-corrected chi connectivity index (χ2v) is 7.85. The molecule has 2 aliphatic rings. The summed E-state index contributed by atoms with van der Waals surface area (Å²) in [4.78, 5) is 2.29. The van der Waals surface area contributed by atoms with Gasteiger partial charge in [0.05, 0.1) is 11.9 Å². The average molecular weight is 376 g/mol. The molecule has 3 heterocycles. The second kappa shape index (κ2) is 6.91. The molecule has 1 saturated heterocycles. The Labute approximate surface area is 163 Å². The normalized spacial score (nSPS) is 23.7. The van der Waals surface area contributed by atoms with Crippen molar-refractivity contribution in [2.75, 3.05) is 25.0 Å². The van der Waals surface area contributed by atoms with Gasteiger partial charge in [-0.25, -0.2) is 0 Å². The molecule has 3 aromatic rings. The van der Waals surface area contributed by atoms with Crippen LogP contribution in [0.25, 0.3) is 22.4 Å². The van der Waals surface area contributed by atoms with E-state index in [9.17, 15) is 5.11 Å². The number of hydrogen-bond donors (Lipinski definition) is 3. The van der Waals surface area contributed by atoms with Gasteiger partial charge in [0.2, 0.25) is 0 Å². The van der Waals surface area contributed by atoms with Crippen molar-refractivity contribution in [1.29, 1.82) is 0 Å². The number of nitrogens with one attached hydrogen (secondary N) is 2. The van der Waals surface area contributed by atoms with Gasteiger partial charge in [0.1, 0.15) is 5.75 Å². The number of H-pyrrole nitrogens is 1. The van der Waals surface area contributed by atoms with Gasteiger partial charge in [-0.15, -0.1) is 10.2 Å². The van der Waals surface area contributed by atoms with Crippen LogP contribution in [0.1, 0.15) is 12.8 Å². The Bertz CT molecular complexity index is 940. The van der Waals surface area contributed by atoms with Crippen LogP contribution in [0.4, 0.5) is 5.82 Å². The van der Waals surface area contributed by atoms with Crippen LogP contribution in [0.15, 0.2) is 42.7 Å². The molecule has 7 heteroatoms. The molecular formula is C21H24N6O. The lowest BCUT2D eigenvalue weighted by molar-refractivity contribution is 0.312. The molecule has 7 nitrogen and oxygen atoms in total. The van der Waals surface area contributed by atoms with Gasteiger partial charge in [0, 0.05) is 30.4 Å². The fourth-order valence-electron chi connectivity index (χ4n) is 4.83. The molecule has 144 valence electrons. The molecule has 2 unspecified atom stereocenters. The van der Waals surface area contributed by atoms with Crippen molar-refractivity contribution >= 4 is 5.82 Å². The fraction of sp³-hybridized carbons (Fsp3) is 0.381. The van der Waals surface area contributed by atoms with Crippen molar-refractivity contribution < 1.29 is 5.11 Å². The van der Waals surface area contributed by atoms with Crippen molar-refractivity contribution in [2.45, 2.75) is 18.9 Å². The number of aromatic hydroxyl groups is 1. The number of piperidine rings is 1. The molecule has 1 aliphatic heterocycles. The number of fused-ring (bicyclic) bond motifs is 2. The van der Waals surface area contributed by atoms with Crippen molar-refractivity contribution in [3.8, 4) is 28.1 Å². The van der Waals surface area contributed by atoms with Crippen LogP contribution in [0.3, 0.4) is 0 Å². The Morgan fingerprint density at radius 2 is 1.86 bits per heavy atom. The highest BCUT2D eigenvalue weighted by Crippen LogP contribution is 2.38. The van der Waals surface area contributed by atoms with Crippen molar-refractivity contribution in [3.05, 3.63) is 42.7 Å². The molecule has 1 aromatic carbocycles. The van der Waals surface area contributed by atoms with Gasteiger partial charge in [-0.1, -0.05) is 6.07 Å². The summed E-state index contributed by atoms with van der Waals surface area (Å²) >= 11 is 0. The summed E-state index contributed by atoms with van der Waals surface area (Å²) in [5.41, 5.74) is 3.18. The van der Waals surface area contributed by atoms with Gasteiger partial charge in [0.25, 0.3) is 0 Å². The quantitative estimate of drug-likeness (QED) is 0.649. The highest BCUT2D eigenvalue weighted by Gasteiger charge is 2.41. The number of aromatic amines is 1. The van der Waals surface area contributed by atoms with Gasteiger partial charge < -0.3 is 15.3 Å². The molecule has 1 aliphatic carbocycles. The first kappa shape index (κ1) is 17.2. The Morgan fingerprint density at radius 1 is 1.04 bits per heavy atom. The van der Waals surface area contributed by atoms with E-state index in [1.807, 2.05) is 24.3 Å². The van der Waals surface area contributed by atoms with Crippen LogP contribution in [0, 0.1) is 11.8 Å². The van der Waals surface area contributed by atoms with E-state index in [0.29, 0.717) is 29.1 Å². The maximum atomic E-state index is 10.5. The summed E-state index contributed by atoms with van der Waals surface area (Å²) in [6.45, 7) is 2.18. The smallest absolute Gasteiger partial charge is 0.151 e. The Hall–Kier alpha value is -2.93. The first-order valence-electron chi connectivity index (χ1n) is 9.80. The lowest BCUT2D eigenvalue weighted by Crippen LogP contribution is -2.50. The van der Waals surface area contributed by atoms with E-state index < -0.39 is 0 Å². The van der Waals surface area contributed by atoms with E-state index in [1.165, 1.54) is 12.8 Å². The van der Waals surface area contributed by atoms with Gasteiger partial charge in [-0.3, -0.25) is 5.10 Å². The molecule has 2 atom stereocenters. The van der Waals surface area contributed by atoms with Gasteiger partial charge in [0.15, 0.2) is 5.82 Å². The van der Waals surface area contributed by atoms with Crippen LogP contribution in [-0.2, 0) is 0 Å². The second-order valence-electron chi connectivity index (χ2n) is 7.85. The van der Waals surface area contributed by atoms with Gasteiger partial charge in [-0.2, -0.15) is 5.10 Å². The number of nitrogens with zero attached hydrogens (tertiary/aromatic N) is 4. The Kier molecular flexibility index (Phi) is 4.24. The lowest BCUT2D eigenvalue weighted by atomic mass is 9.92. The van der Waals surface area contributed by atoms with Crippen LogP contribution in [0.2, 0.25) is 0 Å². The monoisotopic (exact) mass is 376 g/mol. The summed E-state index contributed by atoms with van der Waals surface area (Å²) in [7, 11) is 2.13. The number of phenolic OH excluding ortho intramolecular Hbond substituents is 1. The Morgan fingerprint density at radius 3 is 2.50 bits per heavy atom. The standard InChI is InChI=1S/C21H24N6O/c1-27(21-14-2-3-15(21)10-22-9-14)20-7-6-18(25-26-20)17-5-4-13(8-19(17)28)16-11-23-24-12-16/h4-8,11-12,14-15,21-22,28H,2-3,9-10H2,1H3,(H,23,24). The predicted molar refractivity (Wildman–Crippen MR) is 108 cm³/mol. The van der Waals surface area contributed by atoms with E-state index >= 15 is 0 Å². The lowest BCUT2D eigenvalue weighted by Gasteiger charge is -2.38. The summed E-state index contributed by atoms with van der Waals surface area (Å²) in [5, 5.41) is 29.6. The maximum absolute atomic E-state index is 10.5. The van der Waals surface area contributed by atoms with Gasteiger partial charge >= 0.3 is 0 Å². The van der Waals surface area contributed by atoms with Crippen molar-refractivity contribution in [3.63, 3.8) is 0 Å². The molecule has 0 amide bonds. The third-order valence-corrected chi connectivity index (χ3v) is 6.25. The van der Waals surface area contributed by atoms with E-state index in [-0.39, 0.29) is 5.75 Å². The summed E-state index contributed by atoms with van der Waals surface area (Å²) < 4.78 is 0. The molecule has 0 spiro atoms. The summed E-state index contributed by atoms with van der Waals surface area (Å²) in [6, 6.07) is 10.0. The molecule has 1 saturated carbocycles. The van der Waals surface area contributed by atoms with Crippen LogP contribution in [-0.4, -0.2) is 51.7 Å². The molecule has 0 radical (unpaired) electrons. The van der Waals surface area contributed by atoms with E-state index in [2.05, 4.69) is 37.7 Å². The molecule has 3 N–H and O–H groups in total.